The molecule has 0 fully saturated rings. The van der Waals surface area contributed by atoms with E-state index < -0.39 is 24.1 Å². The van der Waals surface area contributed by atoms with Gasteiger partial charge in [0, 0.05) is 18.4 Å². The minimum Gasteiger partial charge on any atom is -0.391 e. The van der Waals surface area contributed by atoms with Gasteiger partial charge in [0.2, 0.25) is 11.8 Å². The van der Waals surface area contributed by atoms with E-state index in [1.165, 1.54) is 32.6 Å². The summed E-state index contributed by atoms with van der Waals surface area (Å²) in [7, 11) is 0. The third-order valence-electron chi connectivity index (χ3n) is 5.57. The Labute approximate surface area is 188 Å². The van der Waals surface area contributed by atoms with Crippen LogP contribution in [0, 0.1) is 11.8 Å². The van der Waals surface area contributed by atoms with E-state index in [1.807, 2.05) is 0 Å². The van der Waals surface area contributed by atoms with Crippen LogP contribution < -0.4 is 22.1 Å². The largest absolute Gasteiger partial charge is 0.391 e. The van der Waals surface area contributed by atoms with E-state index in [0.717, 1.165) is 19.3 Å². The lowest BCUT2D eigenvalue weighted by Crippen LogP contribution is -2.58. The summed E-state index contributed by atoms with van der Waals surface area (Å²) in [6, 6.07) is -2.01. The fraction of sp³-hybridized carbons (Fsp3) is 0.870. The predicted molar refractivity (Wildman–Crippen MR) is 124 cm³/mol. The van der Waals surface area contributed by atoms with Crippen molar-refractivity contribution in [2.75, 3.05) is 13.1 Å². The van der Waals surface area contributed by atoms with Crippen LogP contribution in [0.4, 0.5) is 0 Å². The van der Waals surface area contributed by atoms with Gasteiger partial charge in [0.15, 0.2) is 5.78 Å². The molecule has 0 aromatic rings. The van der Waals surface area contributed by atoms with Crippen LogP contribution in [0.15, 0.2) is 0 Å². The van der Waals surface area contributed by atoms with E-state index in [2.05, 4.69) is 17.6 Å². The van der Waals surface area contributed by atoms with Crippen molar-refractivity contribution in [1.29, 1.82) is 0 Å². The maximum atomic E-state index is 12.8. The van der Waals surface area contributed by atoms with E-state index in [-0.39, 0.29) is 30.1 Å². The smallest absolute Gasteiger partial charge is 0.245 e. The molecule has 7 N–H and O–H groups in total. The van der Waals surface area contributed by atoms with Gasteiger partial charge in [0.25, 0.3) is 0 Å². The number of amides is 2. The number of nitrogens with one attached hydrogen (secondary N) is 2. The topological polar surface area (TPSA) is 148 Å². The lowest BCUT2D eigenvalue weighted by molar-refractivity contribution is -0.135. The minimum atomic E-state index is -1.16. The van der Waals surface area contributed by atoms with Gasteiger partial charge in [0.05, 0.1) is 12.1 Å². The molecular formula is C23H46N4O4. The average Bonchev–Trinajstić information content (AvgIpc) is 2.73. The molecule has 0 rings (SSSR count). The van der Waals surface area contributed by atoms with Crippen molar-refractivity contribution in [3.8, 4) is 0 Å². The number of carbonyl (C=O) groups is 3. The molecule has 4 atom stereocenters. The molecule has 0 aliphatic carbocycles. The van der Waals surface area contributed by atoms with Crippen LogP contribution in [-0.2, 0) is 14.4 Å². The van der Waals surface area contributed by atoms with Gasteiger partial charge in [-0.2, -0.15) is 0 Å². The van der Waals surface area contributed by atoms with Crippen molar-refractivity contribution in [1.82, 2.24) is 10.6 Å². The first kappa shape index (κ1) is 29.5. The number of hydrogen-bond donors (Lipinski definition) is 5. The highest BCUT2D eigenvalue weighted by Gasteiger charge is 2.31. The number of aliphatic hydroxyl groups is 1. The number of hydrogen-bond acceptors (Lipinski definition) is 6. The second-order valence-corrected chi connectivity index (χ2v) is 8.77. The summed E-state index contributed by atoms with van der Waals surface area (Å²) in [4.78, 5) is 37.7. The highest BCUT2D eigenvalue weighted by atomic mass is 16.3. The van der Waals surface area contributed by atoms with Crippen molar-refractivity contribution in [2.45, 2.75) is 104 Å². The number of ketones is 1. The maximum Gasteiger partial charge on any atom is 0.245 e. The number of unbranched alkanes of at least 4 members (excludes halogenated alkanes) is 6. The van der Waals surface area contributed by atoms with Crippen LogP contribution in [0.2, 0.25) is 0 Å². The second kappa shape index (κ2) is 17.1. The van der Waals surface area contributed by atoms with Gasteiger partial charge in [0.1, 0.15) is 6.04 Å². The van der Waals surface area contributed by atoms with Crippen LogP contribution in [0.25, 0.3) is 0 Å². The fourth-order valence-electron chi connectivity index (χ4n) is 3.54. The zero-order valence-corrected chi connectivity index (χ0v) is 20.0. The number of Topliss-reactive ketones (excluding diaryl/α,β-unsaturated/α-hetero) is 1. The van der Waals surface area contributed by atoms with Crippen LogP contribution in [-0.4, -0.2) is 54.0 Å². The van der Waals surface area contributed by atoms with Crippen LogP contribution in [0.5, 0.6) is 0 Å². The molecule has 0 aliphatic rings. The SMILES string of the molecule is CCCCCCCCCC(CCN)C(=O)N[C@H](C(=O)N[C@@H](CN)C(=O)C(C)C)C(C)O. The average molecular weight is 443 g/mol. The van der Waals surface area contributed by atoms with Gasteiger partial charge in [-0.3, -0.25) is 14.4 Å². The Morgan fingerprint density at radius 3 is 1.90 bits per heavy atom. The summed E-state index contributed by atoms with van der Waals surface area (Å²) < 4.78 is 0. The quantitative estimate of drug-likeness (QED) is 0.204. The van der Waals surface area contributed by atoms with Gasteiger partial charge >= 0.3 is 0 Å². The van der Waals surface area contributed by atoms with Crippen LogP contribution >= 0.6 is 0 Å². The molecule has 0 saturated carbocycles. The van der Waals surface area contributed by atoms with Crippen LogP contribution in [0.1, 0.15) is 85.5 Å². The third kappa shape index (κ3) is 12.2. The second-order valence-electron chi connectivity index (χ2n) is 8.77. The van der Waals surface area contributed by atoms with Gasteiger partial charge in [-0.05, 0) is 26.3 Å². The molecule has 0 aromatic heterocycles. The van der Waals surface area contributed by atoms with E-state index >= 15 is 0 Å². The molecule has 2 amide bonds. The van der Waals surface area contributed by atoms with Gasteiger partial charge in [-0.1, -0.05) is 65.7 Å². The molecule has 0 spiro atoms. The minimum absolute atomic E-state index is 0.0444. The fourth-order valence-corrected chi connectivity index (χ4v) is 3.54. The summed E-state index contributed by atoms with van der Waals surface area (Å²) >= 11 is 0. The summed E-state index contributed by atoms with van der Waals surface area (Å²) in [6.07, 6.45) is 8.18. The van der Waals surface area contributed by atoms with E-state index in [0.29, 0.717) is 19.4 Å². The number of nitrogens with two attached hydrogens (primary N) is 2. The first-order valence-electron chi connectivity index (χ1n) is 11.9. The number of aliphatic hydroxyl groups excluding tert-OH is 1. The van der Waals surface area contributed by atoms with Gasteiger partial charge < -0.3 is 27.2 Å². The first-order valence-corrected chi connectivity index (χ1v) is 11.9. The molecule has 0 heterocycles. The molecule has 31 heavy (non-hydrogen) atoms. The molecule has 2 unspecified atom stereocenters. The normalized spacial score (nSPS) is 15.2. The van der Waals surface area contributed by atoms with E-state index in [4.69, 9.17) is 11.5 Å². The van der Waals surface area contributed by atoms with Crippen molar-refractivity contribution in [2.24, 2.45) is 23.3 Å². The lowest BCUT2D eigenvalue weighted by atomic mass is 9.95. The molecular weight excluding hydrogens is 396 g/mol. The maximum absolute atomic E-state index is 12.8. The monoisotopic (exact) mass is 442 g/mol. The highest BCUT2D eigenvalue weighted by Crippen LogP contribution is 2.16. The molecule has 8 heteroatoms. The summed E-state index contributed by atoms with van der Waals surface area (Å²) in [5.41, 5.74) is 11.3. The molecule has 0 bridgehead atoms. The first-order chi connectivity index (χ1) is 14.7. The van der Waals surface area contributed by atoms with E-state index in [1.54, 1.807) is 13.8 Å². The Kier molecular flexibility index (Phi) is 16.3. The Bertz CT molecular complexity index is 526. The Morgan fingerprint density at radius 1 is 0.839 bits per heavy atom. The van der Waals surface area contributed by atoms with Crippen molar-refractivity contribution in [3.05, 3.63) is 0 Å². The summed E-state index contributed by atoms with van der Waals surface area (Å²) in [5.74, 6) is -1.69. The summed E-state index contributed by atoms with van der Waals surface area (Å²) in [5, 5.41) is 15.3. The van der Waals surface area contributed by atoms with Crippen LogP contribution in [0.3, 0.4) is 0 Å². The van der Waals surface area contributed by atoms with Crippen molar-refractivity contribution >= 4 is 17.6 Å². The number of carbonyl (C=O) groups excluding carboxylic acids is 3. The zero-order chi connectivity index (χ0) is 23.8. The van der Waals surface area contributed by atoms with E-state index in [9.17, 15) is 19.5 Å². The Balaban J connectivity index is 4.84. The molecule has 0 radical (unpaired) electrons. The standard InChI is InChI=1S/C23H46N4O4/c1-5-6-7-8-9-10-11-12-18(13-14-24)22(30)27-20(17(4)28)23(31)26-19(15-25)21(29)16(2)3/h16-20,28H,5-15,24-25H2,1-4H3,(H,26,31)(H,27,30)/t17?,18?,19-,20-/m0/s1. The molecule has 0 aliphatic heterocycles. The Morgan fingerprint density at radius 2 is 1.42 bits per heavy atom. The van der Waals surface area contributed by atoms with Crippen molar-refractivity contribution < 1.29 is 19.5 Å². The molecule has 0 aromatic carbocycles. The Hall–Kier alpha value is -1.51. The summed E-state index contributed by atoms with van der Waals surface area (Å²) in [6.45, 7) is 7.41. The lowest BCUT2D eigenvalue weighted by Gasteiger charge is -2.26. The molecule has 8 nitrogen and oxygen atoms in total. The van der Waals surface area contributed by atoms with Gasteiger partial charge in [-0.25, -0.2) is 0 Å². The highest BCUT2D eigenvalue weighted by molar-refractivity contribution is 5.94. The van der Waals surface area contributed by atoms with Crippen molar-refractivity contribution in [3.63, 3.8) is 0 Å². The third-order valence-corrected chi connectivity index (χ3v) is 5.57. The molecule has 182 valence electrons. The van der Waals surface area contributed by atoms with Gasteiger partial charge in [-0.15, -0.1) is 0 Å². The predicted octanol–water partition coefficient (Wildman–Crippen LogP) is 1.63. The molecule has 0 saturated heterocycles. The zero-order valence-electron chi connectivity index (χ0n) is 20.0. The number of rotatable bonds is 18.